The largest absolute Gasteiger partial charge is 0.416 e. The summed E-state index contributed by atoms with van der Waals surface area (Å²) < 4.78 is 40.1. The van der Waals surface area contributed by atoms with Gasteiger partial charge in [0, 0.05) is 32.7 Å². The molecule has 1 aromatic heterocycles. The molecule has 0 unspecified atom stereocenters. The van der Waals surface area contributed by atoms with Gasteiger partial charge in [-0.05, 0) is 38.1 Å². The number of rotatable bonds is 6. The van der Waals surface area contributed by atoms with Crippen LogP contribution >= 0.6 is 12.4 Å². The minimum absolute atomic E-state index is 0. The molecule has 160 valence electrons. The summed E-state index contributed by atoms with van der Waals surface area (Å²) in [6, 6.07) is 4.89. The number of halogens is 4. The van der Waals surface area contributed by atoms with Gasteiger partial charge in [0.15, 0.2) is 0 Å². The van der Waals surface area contributed by atoms with Crippen molar-refractivity contribution < 1.29 is 18.0 Å². The van der Waals surface area contributed by atoms with Crippen LogP contribution in [0, 0.1) is 6.92 Å². The van der Waals surface area contributed by atoms with Crippen LogP contribution in [0.15, 0.2) is 30.5 Å². The van der Waals surface area contributed by atoms with Crippen LogP contribution < -0.4 is 10.6 Å². The predicted octanol–water partition coefficient (Wildman–Crippen LogP) is 2.65. The highest BCUT2D eigenvalue weighted by molar-refractivity contribution is 5.95. The summed E-state index contributed by atoms with van der Waals surface area (Å²) in [4.78, 5) is 14.8. The van der Waals surface area contributed by atoms with Gasteiger partial charge in [-0.15, -0.1) is 12.4 Å². The fourth-order valence-corrected chi connectivity index (χ4v) is 3.24. The molecule has 1 aliphatic heterocycles. The molecule has 1 fully saturated rings. The van der Waals surface area contributed by atoms with Crippen molar-refractivity contribution in [3.63, 3.8) is 0 Å². The van der Waals surface area contributed by atoms with Gasteiger partial charge in [0.1, 0.15) is 0 Å². The van der Waals surface area contributed by atoms with Crippen LogP contribution in [0.3, 0.4) is 0 Å². The van der Waals surface area contributed by atoms with E-state index in [1.54, 1.807) is 6.92 Å². The normalized spacial score (nSPS) is 15.0. The fraction of sp³-hybridized carbons (Fsp3) is 0.474. The fourth-order valence-electron chi connectivity index (χ4n) is 3.24. The van der Waals surface area contributed by atoms with Crippen LogP contribution in [0.1, 0.15) is 28.0 Å². The maximum Gasteiger partial charge on any atom is 0.416 e. The van der Waals surface area contributed by atoms with Crippen molar-refractivity contribution in [2.45, 2.75) is 19.5 Å². The molecule has 0 atom stereocenters. The van der Waals surface area contributed by atoms with Gasteiger partial charge >= 0.3 is 6.18 Å². The van der Waals surface area contributed by atoms with Crippen molar-refractivity contribution >= 4 is 18.3 Å². The molecule has 6 nitrogen and oxygen atoms in total. The minimum atomic E-state index is -4.43. The van der Waals surface area contributed by atoms with Crippen molar-refractivity contribution in [1.29, 1.82) is 0 Å². The molecule has 3 rings (SSSR count). The summed E-state index contributed by atoms with van der Waals surface area (Å²) in [5, 5.41) is 10.3. The number of hydrogen-bond donors (Lipinski definition) is 2. The molecular weight excluding hydrogens is 407 g/mol. The van der Waals surface area contributed by atoms with E-state index in [9.17, 15) is 18.0 Å². The summed E-state index contributed by atoms with van der Waals surface area (Å²) in [5.74, 6) is -0.268. The van der Waals surface area contributed by atoms with Crippen molar-refractivity contribution in [1.82, 2.24) is 25.3 Å². The van der Waals surface area contributed by atoms with E-state index in [1.165, 1.54) is 23.0 Å². The lowest BCUT2D eigenvalue weighted by Crippen LogP contribution is -2.44. The molecular formula is C19H25ClF3N5O. The molecule has 2 heterocycles. The SMILES string of the molecule is Cc1c(C(=O)NCCCN2CCNCC2)cnn1-c1cccc(C(F)(F)F)c1.Cl. The van der Waals surface area contributed by atoms with Crippen LogP contribution in [0.5, 0.6) is 0 Å². The summed E-state index contributed by atoms with van der Waals surface area (Å²) in [7, 11) is 0. The second-order valence-corrected chi connectivity index (χ2v) is 6.80. The zero-order chi connectivity index (χ0) is 20.1. The summed E-state index contributed by atoms with van der Waals surface area (Å²) >= 11 is 0. The molecule has 0 spiro atoms. The zero-order valence-electron chi connectivity index (χ0n) is 16.1. The molecule has 1 amide bonds. The molecule has 0 radical (unpaired) electrons. The van der Waals surface area contributed by atoms with E-state index in [-0.39, 0.29) is 24.0 Å². The van der Waals surface area contributed by atoms with Gasteiger partial charge in [0.25, 0.3) is 5.91 Å². The second kappa shape index (κ2) is 10.1. The molecule has 10 heteroatoms. The quantitative estimate of drug-likeness (QED) is 0.690. The smallest absolute Gasteiger partial charge is 0.352 e. The van der Waals surface area contributed by atoms with E-state index in [0.717, 1.165) is 51.3 Å². The van der Waals surface area contributed by atoms with Gasteiger partial charge in [-0.1, -0.05) is 6.07 Å². The van der Waals surface area contributed by atoms with E-state index < -0.39 is 11.7 Å². The molecule has 2 aromatic rings. The van der Waals surface area contributed by atoms with E-state index in [0.29, 0.717) is 17.8 Å². The molecule has 0 bridgehead atoms. The Balaban J connectivity index is 0.00000300. The highest BCUT2D eigenvalue weighted by atomic mass is 35.5. The Kier molecular flexibility index (Phi) is 8.06. The van der Waals surface area contributed by atoms with Crippen molar-refractivity contribution in [3.05, 3.63) is 47.3 Å². The number of alkyl halides is 3. The zero-order valence-corrected chi connectivity index (χ0v) is 16.9. The van der Waals surface area contributed by atoms with Crippen LogP contribution in [0.4, 0.5) is 13.2 Å². The average molecular weight is 432 g/mol. The summed E-state index contributed by atoms with van der Waals surface area (Å²) in [6.07, 6.45) is -2.20. The standard InChI is InChI=1S/C19H24F3N5O.ClH/c1-14-17(18(28)24-6-3-9-26-10-7-23-8-11-26)13-25-27(14)16-5-2-4-15(12-16)19(20,21)22;/h2,4-5,12-13,23H,3,6-11H2,1H3,(H,24,28);1H. The Morgan fingerprint density at radius 1 is 1.28 bits per heavy atom. The first-order valence-corrected chi connectivity index (χ1v) is 9.30. The maximum absolute atomic E-state index is 12.9. The number of piperazine rings is 1. The number of aromatic nitrogens is 2. The number of amides is 1. The lowest BCUT2D eigenvalue weighted by Gasteiger charge is -2.27. The van der Waals surface area contributed by atoms with Gasteiger partial charge in [-0.2, -0.15) is 18.3 Å². The Morgan fingerprint density at radius 2 is 2.00 bits per heavy atom. The van der Waals surface area contributed by atoms with E-state index >= 15 is 0 Å². The number of hydrogen-bond acceptors (Lipinski definition) is 4. The topological polar surface area (TPSA) is 62.2 Å². The highest BCUT2D eigenvalue weighted by Crippen LogP contribution is 2.30. The number of nitrogens with zero attached hydrogens (tertiary/aromatic N) is 3. The van der Waals surface area contributed by atoms with Crippen LogP contribution in [-0.4, -0.2) is 59.9 Å². The highest BCUT2D eigenvalue weighted by Gasteiger charge is 2.30. The van der Waals surface area contributed by atoms with Crippen molar-refractivity contribution in [3.8, 4) is 5.69 Å². The Hall–Kier alpha value is -2.10. The number of benzene rings is 1. The predicted molar refractivity (Wildman–Crippen MR) is 107 cm³/mol. The molecule has 29 heavy (non-hydrogen) atoms. The third-order valence-corrected chi connectivity index (χ3v) is 4.82. The first kappa shape index (κ1) is 23.2. The van der Waals surface area contributed by atoms with Crippen LogP contribution in [-0.2, 0) is 6.18 Å². The van der Waals surface area contributed by atoms with E-state index in [2.05, 4.69) is 20.6 Å². The van der Waals surface area contributed by atoms with Crippen LogP contribution in [0.25, 0.3) is 5.69 Å². The molecule has 1 aromatic carbocycles. The lowest BCUT2D eigenvalue weighted by molar-refractivity contribution is -0.137. The van der Waals surface area contributed by atoms with Crippen molar-refractivity contribution in [2.75, 3.05) is 39.3 Å². The summed E-state index contributed by atoms with van der Waals surface area (Å²) in [6.45, 7) is 7.12. The van der Waals surface area contributed by atoms with Gasteiger partial charge in [0.2, 0.25) is 0 Å². The van der Waals surface area contributed by atoms with E-state index in [1.807, 2.05) is 0 Å². The van der Waals surface area contributed by atoms with Crippen molar-refractivity contribution in [2.24, 2.45) is 0 Å². The first-order chi connectivity index (χ1) is 13.4. The number of nitrogens with one attached hydrogen (secondary N) is 2. The minimum Gasteiger partial charge on any atom is -0.352 e. The molecule has 2 N–H and O–H groups in total. The van der Waals surface area contributed by atoms with Gasteiger partial charge in [-0.3, -0.25) is 4.79 Å². The number of carbonyl (C=O) groups is 1. The molecule has 0 aliphatic carbocycles. The Labute approximate surface area is 173 Å². The number of carbonyl (C=O) groups excluding carboxylic acids is 1. The van der Waals surface area contributed by atoms with Gasteiger partial charge in [-0.25, -0.2) is 4.68 Å². The molecule has 0 saturated carbocycles. The summed E-state index contributed by atoms with van der Waals surface area (Å²) in [5.41, 5.74) is 0.377. The average Bonchev–Trinajstić information content (AvgIpc) is 3.07. The van der Waals surface area contributed by atoms with E-state index in [4.69, 9.17) is 0 Å². The third kappa shape index (κ3) is 5.94. The Morgan fingerprint density at radius 3 is 2.69 bits per heavy atom. The second-order valence-electron chi connectivity index (χ2n) is 6.80. The monoisotopic (exact) mass is 431 g/mol. The molecule has 1 saturated heterocycles. The van der Waals surface area contributed by atoms with Gasteiger partial charge in [0.05, 0.1) is 28.7 Å². The third-order valence-electron chi connectivity index (χ3n) is 4.82. The molecule has 1 aliphatic rings. The lowest BCUT2D eigenvalue weighted by atomic mass is 10.2. The maximum atomic E-state index is 12.9. The Bertz CT molecular complexity index is 818. The van der Waals surface area contributed by atoms with Crippen LogP contribution in [0.2, 0.25) is 0 Å². The first-order valence-electron chi connectivity index (χ1n) is 9.30. The van der Waals surface area contributed by atoms with Gasteiger partial charge < -0.3 is 15.5 Å².